The molecule has 1 heterocycles. The minimum absolute atomic E-state index is 0.0226. The van der Waals surface area contributed by atoms with Crippen molar-refractivity contribution in [1.29, 1.82) is 0 Å². The number of nitrogens with one attached hydrogen (secondary N) is 1. The minimum Gasteiger partial charge on any atom is -0.350 e. The van der Waals surface area contributed by atoms with Crippen LogP contribution in [-0.2, 0) is 9.59 Å². The second-order valence-corrected chi connectivity index (χ2v) is 3.95. The minimum atomic E-state index is -0.0226. The number of carbonyl (C=O) groups excluding carboxylic acids is 2. The Morgan fingerprint density at radius 3 is 2.50 bits per heavy atom. The van der Waals surface area contributed by atoms with E-state index >= 15 is 0 Å². The van der Waals surface area contributed by atoms with E-state index in [1.54, 1.807) is 4.90 Å². The van der Waals surface area contributed by atoms with Crippen LogP contribution in [0.1, 0.15) is 27.2 Å². The fourth-order valence-corrected chi connectivity index (χ4v) is 1.52. The lowest BCUT2D eigenvalue weighted by molar-refractivity contribution is -0.141. The Bertz CT molecular complexity index is 234. The van der Waals surface area contributed by atoms with Crippen molar-refractivity contribution in [3.63, 3.8) is 0 Å². The molecule has 0 aromatic rings. The number of nitrogens with zero attached hydrogens (tertiary/aromatic N) is 1. The third kappa shape index (κ3) is 2.47. The Morgan fingerprint density at radius 2 is 2.07 bits per heavy atom. The maximum Gasteiger partial charge on any atom is 0.225 e. The Balaban J connectivity index is 2.27. The molecule has 4 nitrogen and oxygen atoms in total. The molecule has 0 radical (unpaired) electrons. The molecule has 1 aliphatic heterocycles. The number of amides is 2. The van der Waals surface area contributed by atoms with Gasteiger partial charge in [-0.1, -0.05) is 13.8 Å². The van der Waals surface area contributed by atoms with Gasteiger partial charge in [-0.3, -0.25) is 9.59 Å². The van der Waals surface area contributed by atoms with E-state index in [2.05, 4.69) is 5.32 Å². The first-order valence-corrected chi connectivity index (χ1v) is 5.10. The molecule has 0 aromatic heterocycles. The molecule has 1 saturated heterocycles. The molecule has 1 fully saturated rings. The van der Waals surface area contributed by atoms with Crippen LogP contribution in [0.4, 0.5) is 0 Å². The summed E-state index contributed by atoms with van der Waals surface area (Å²) in [5.74, 6) is 0.285. The van der Waals surface area contributed by atoms with Crippen molar-refractivity contribution in [3.8, 4) is 0 Å². The standard InChI is InChI=1S/C10H18N2O2/c1-4-7(2)10(14)12-5-9(6-12)11-8(3)13/h7,9H,4-6H2,1-3H3,(H,11,13). The van der Waals surface area contributed by atoms with Crippen molar-refractivity contribution in [3.05, 3.63) is 0 Å². The third-order valence-electron chi connectivity index (χ3n) is 2.63. The van der Waals surface area contributed by atoms with Gasteiger partial charge in [0.05, 0.1) is 6.04 Å². The molecule has 2 amide bonds. The van der Waals surface area contributed by atoms with Crippen LogP contribution < -0.4 is 5.32 Å². The Morgan fingerprint density at radius 1 is 1.50 bits per heavy atom. The highest BCUT2D eigenvalue weighted by Gasteiger charge is 2.32. The van der Waals surface area contributed by atoms with E-state index in [0.717, 1.165) is 6.42 Å². The largest absolute Gasteiger partial charge is 0.350 e. The van der Waals surface area contributed by atoms with E-state index in [0.29, 0.717) is 13.1 Å². The number of likely N-dealkylation sites (tertiary alicyclic amines) is 1. The van der Waals surface area contributed by atoms with Gasteiger partial charge in [-0.15, -0.1) is 0 Å². The normalized spacial score (nSPS) is 18.6. The molecular weight excluding hydrogens is 180 g/mol. The Hall–Kier alpha value is -1.06. The van der Waals surface area contributed by atoms with E-state index in [1.165, 1.54) is 6.92 Å². The summed E-state index contributed by atoms with van der Waals surface area (Å²) in [6.45, 7) is 6.78. The monoisotopic (exact) mass is 198 g/mol. The zero-order valence-electron chi connectivity index (χ0n) is 9.04. The molecule has 1 rings (SSSR count). The van der Waals surface area contributed by atoms with Gasteiger partial charge in [0.15, 0.2) is 0 Å². The molecule has 0 saturated carbocycles. The average molecular weight is 198 g/mol. The molecule has 1 N–H and O–H groups in total. The molecular formula is C10H18N2O2. The lowest BCUT2D eigenvalue weighted by Crippen LogP contribution is -2.61. The molecule has 4 heteroatoms. The van der Waals surface area contributed by atoms with Crippen molar-refractivity contribution < 1.29 is 9.59 Å². The van der Waals surface area contributed by atoms with Gasteiger partial charge in [-0.05, 0) is 6.42 Å². The molecule has 0 bridgehead atoms. The fourth-order valence-electron chi connectivity index (χ4n) is 1.52. The van der Waals surface area contributed by atoms with Crippen LogP contribution in [0, 0.1) is 5.92 Å². The lowest BCUT2D eigenvalue weighted by Gasteiger charge is -2.40. The van der Waals surface area contributed by atoms with Crippen LogP contribution >= 0.6 is 0 Å². The predicted octanol–water partition coefficient (Wildman–Crippen LogP) is 0.379. The zero-order chi connectivity index (χ0) is 10.7. The van der Waals surface area contributed by atoms with Gasteiger partial charge in [0, 0.05) is 25.9 Å². The molecule has 80 valence electrons. The van der Waals surface area contributed by atoms with Crippen molar-refractivity contribution >= 4 is 11.8 Å². The lowest BCUT2D eigenvalue weighted by atomic mass is 10.0. The molecule has 1 atom stereocenters. The maximum atomic E-state index is 11.6. The van der Waals surface area contributed by atoms with Gasteiger partial charge >= 0.3 is 0 Å². The Labute approximate surface area is 84.7 Å². The topological polar surface area (TPSA) is 49.4 Å². The van der Waals surface area contributed by atoms with Gasteiger partial charge < -0.3 is 10.2 Å². The molecule has 0 aliphatic carbocycles. The maximum absolute atomic E-state index is 11.6. The Kier molecular flexibility index (Phi) is 3.49. The summed E-state index contributed by atoms with van der Waals surface area (Å²) in [7, 11) is 0. The van der Waals surface area contributed by atoms with Crippen molar-refractivity contribution in [2.24, 2.45) is 5.92 Å². The number of hydrogen-bond donors (Lipinski definition) is 1. The van der Waals surface area contributed by atoms with Crippen molar-refractivity contribution in [2.45, 2.75) is 33.2 Å². The number of hydrogen-bond acceptors (Lipinski definition) is 2. The summed E-state index contributed by atoms with van der Waals surface area (Å²) < 4.78 is 0. The van der Waals surface area contributed by atoms with Crippen LogP contribution in [0.3, 0.4) is 0 Å². The second-order valence-electron chi connectivity index (χ2n) is 3.95. The molecule has 14 heavy (non-hydrogen) atoms. The second kappa shape index (κ2) is 4.44. The summed E-state index contributed by atoms with van der Waals surface area (Å²) in [5.41, 5.74) is 0. The third-order valence-corrected chi connectivity index (χ3v) is 2.63. The van der Waals surface area contributed by atoms with Crippen molar-refractivity contribution in [1.82, 2.24) is 10.2 Å². The van der Waals surface area contributed by atoms with E-state index in [9.17, 15) is 9.59 Å². The van der Waals surface area contributed by atoms with Gasteiger partial charge in [0.1, 0.15) is 0 Å². The average Bonchev–Trinajstić information content (AvgIpc) is 2.07. The summed E-state index contributed by atoms with van der Waals surface area (Å²) >= 11 is 0. The summed E-state index contributed by atoms with van der Waals surface area (Å²) in [6.07, 6.45) is 0.875. The van der Waals surface area contributed by atoms with Crippen LogP contribution in [0.2, 0.25) is 0 Å². The number of rotatable bonds is 3. The smallest absolute Gasteiger partial charge is 0.225 e. The fraction of sp³-hybridized carbons (Fsp3) is 0.800. The summed E-state index contributed by atoms with van der Waals surface area (Å²) in [6, 6.07) is 0.167. The first-order valence-electron chi connectivity index (χ1n) is 5.10. The SMILES string of the molecule is CCC(C)C(=O)N1CC(NC(C)=O)C1. The molecule has 0 spiro atoms. The van der Waals surface area contributed by atoms with Gasteiger partial charge in [0.2, 0.25) is 11.8 Å². The first kappa shape index (κ1) is 11.0. The van der Waals surface area contributed by atoms with Crippen LogP contribution in [0.25, 0.3) is 0 Å². The van der Waals surface area contributed by atoms with Gasteiger partial charge in [0.25, 0.3) is 0 Å². The van der Waals surface area contributed by atoms with E-state index in [1.807, 2.05) is 13.8 Å². The first-order chi connectivity index (χ1) is 6.54. The van der Waals surface area contributed by atoms with Crippen molar-refractivity contribution in [2.75, 3.05) is 13.1 Å². The number of carbonyl (C=O) groups is 2. The van der Waals surface area contributed by atoms with Crippen LogP contribution in [0.5, 0.6) is 0 Å². The highest BCUT2D eigenvalue weighted by molar-refractivity contribution is 5.80. The van der Waals surface area contributed by atoms with Gasteiger partial charge in [-0.2, -0.15) is 0 Å². The van der Waals surface area contributed by atoms with E-state index in [-0.39, 0.29) is 23.8 Å². The highest BCUT2D eigenvalue weighted by Crippen LogP contribution is 2.14. The van der Waals surface area contributed by atoms with E-state index < -0.39 is 0 Å². The van der Waals surface area contributed by atoms with E-state index in [4.69, 9.17) is 0 Å². The van der Waals surface area contributed by atoms with Crippen LogP contribution in [0.15, 0.2) is 0 Å². The van der Waals surface area contributed by atoms with Gasteiger partial charge in [-0.25, -0.2) is 0 Å². The van der Waals surface area contributed by atoms with Crippen LogP contribution in [-0.4, -0.2) is 35.8 Å². The molecule has 1 unspecified atom stereocenters. The molecule has 1 aliphatic rings. The molecule has 0 aromatic carbocycles. The summed E-state index contributed by atoms with van der Waals surface area (Å²) in [4.78, 5) is 24.1. The highest BCUT2D eigenvalue weighted by atomic mass is 16.2. The quantitative estimate of drug-likeness (QED) is 0.712. The summed E-state index contributed by atoms with van der Waals surface area (Å²) in [5, 5.41) is 2.79. The predicted molar refractivity (Wildman–Crippen MR) is 53.6 cm³/mol. The zero-order valence-corrected chi connectivity index (χ0v) is 9.04.